The molecule has 2 heteroatoms. The van der Waals surface area contributed by atoms with Crippen LogP contribution in [0.2, 0.25) is 0 Å². The van der Waals surface area contributed by atoms with Gasteiger partial charge in [0.15, 0.2) is 0 Å². The molecular formula is C18H30N2. The van der Waals surface area contributed by atoms with Crippen LogP contribution in [0.1, 0.15) is 46.1 Å². The van der Waals surface area contributed by atoms with Crippen molar-refractivity contribution in [2.24, 2.45) is 5.41 Å². The maximum atomic E-state index is 3.54. The summed E-state index contributed by atoms with van der Waals surface area (Å²) in [7, 11) is 0. The molecule has 1 heterocycles. The number of hydrogen-bond acceptors (Lipinski definition) is 2. The van der Waals surface area contributed by atoms with Gasteiger partial charge in [0.25, 0.3) is 0 Å². The number of para-hydroxylation sites is 1. The Kier molecular flexibility index (Phi) is 5.09. The van der Waals surface area contributed by atoms with Crippen molar-refractivity contribution < 1.29 is 0 Å². The van der Waals surface area contributed by atoms with Gasteiger partial charge < -0.3 is 10.2 Å². The molecule has 20 heavy (non-hydrogen) atoms. The van der Waals surface area contributed by atoms with E-state index in [1.54, 1.807) is 0 Å². The fourth-order valence-electron chi connectivity index (χ4n) is 3.13. The van der Waals surface area contributed by atoms with E-state index in [2.05, 4.69) is 62.2 Å². The number of aryl methyl sites for hydroxylation is 1. The standard InChI is InChI=1S/C18H30N2/c1-5-18(4,13-19-6-2)14-20-15(3)11-12-16-9-7-8-10-17(16)20/h7-10,15,19H,5-6,11-14H2,1-4H3. The van der Waals surface area contributed by atoms with E-state index in [-0.39, 0.29) is 0 Å². The van der Waals surface area contributed by atoms with Gasteiger partial charge in [-0.15, -0.1) is 0 Å². The third-order valence-corrected chi connectivity index (χ3v) is 4.87. The van der Waals surface area contributed by atoms with Crippen LogP contribution in [-0.2, 0) is 6.42 Å². The summed E-state index contributed by atoms with van der Waals surface area (Å²) in [6.07, 6.45) is 3.72. The summed E-state index contributed by atoms with van der Waals surface area (Å²) < 4.78 is 0. The van der Waals surface area contributed by atoms with Crippen LogP contribution in [0.3, 0.4) is 0 Å². The van der Waals surface area contributed by atoms with E-state index in [1.165, 1.54) is 30.5 Å². The molecule has 0 bridgehead atoms. The van der Waals surface area contributed by atoms with Crippen LogP contribution in [0.15, 0.2) is 24.3 Å². The maximum absolute atomic E-state index is 3.54. The number of anilines is 1. The van der Waals surface area contributed by atoms with Crippen LogP contribution in [-0.4, -0.2) is 25.7 Å². The Morgan fingerprint density at radius 1 is 1.30 bits per heavy atom. The number of nitrogens with one attached hydrogen (secondary N) is 1. The Morgan fingerprint density at radius 3 is 2.75 bits per heavy atom. The zero-order valence-corrected chi connectivity index (χ0v) is 13.6. The Labute approximate surface area is 124 Å². The fraction of sp³-hybridized carbons (Fsp3) is 0.667. The lowest BCUT2D eigenvalue weighted by atomic mass is 9.84. The Balaban J connectivity index is 2.18. The van der Waals surface area contributed by atoms with Gasteiger partial charge in [-0.2, -0.15) is 0 Å². The first kappa shape index (κ1) is 15.4. The smallest absolute Gasteiger partial charge is 0.0401 e. The molecule has 2 unspecified atom stereocenters. The lowest BCUT2D eigenvalue weighted by Crippen LogP contribution is -2.47. The van der Waals surface area contributed by atoms with Crippen LogP contribution in [0.25, 0.3) is 0 Å². The van der Waals surface area contributed by atoms with Crippen LogP contribution < -0.4 is 10.2 Å². The summed E-state index contributed by atoms with van der Waals surface area (Å²) in [5, 5.41) is 3.54. The molecule has 0 amide bonds. The molecule has 0 aromatic heterocycles. The molecule has 112 valence electrons. The van der Waals surface area contributed by atoms with Crippen LogP contribution in [0.4, 0.5) is 5.69 Å². The highest BCUT2D eigenvalue weighted by Gasteiger charge is 2.30. The van der Waals surface area contributed by atoms with E-state index in [0.717, 1.165) is 19.6 Å². The van der Waals surface area contributed by atoms with Gasteiger partial charge in [-0.05, 0) is 49.8 Å². The van der Waals surface area contributed by atoms with Crippen molar-refractivity contribution in [2.75, 3.05) is 24.5 Å². The largest absolute Gasteiger partial charge is 0.368 e. The molecule has 0 saturated carbocycles. The van der Waals surface area contributed by atoms with Crippen LogP contribution in [0, 0.1) is 5.41 Å². The minimum Gasteiger partial charge on any atom is -0.368 e. The van der Waals surface area contributed by atoms with E-state index in [4.69, 9.17) is 0 Å². The summed E-state index contributed by atoms with van der Waals surface area (Å²) >= 11 is 0. The highest BCUT2D eigenvalue weighted by molar-refractivity contribution is 5.56. The Morgan fingerprint density at radius 2 is 2.05 bits per heavy atom. The zero-order chi connectivity index (χ0) is 14.6. The monoisotopic (exact) mass is 274 g/mol. The molecule has 0 spiro atoms. The van der Waals surface area contributed by atoms with E-state index in [0.29, 0.717) is 11.5 Å². The van der Waals surface area contributed by atoms with Crippen molar-refractivity contribution in [3.8, 4) is 0 Å². The second-order valence-corrected chi connectivity index (χ2v) is 6.59. The molecule has 2 nitrogen and oxygen atoms in total. The molecule has 1 aliphatic rings. The topological polar surface area (TPSA) is 15.3 Å². The summed E-state index contributed by atoms with van der Waals surface area (Å²) in [6.45, 7) is 12.6. The molecule has 2 atom stereocenters. The molecule has 1 aromatic carbocycles. The SMILES string of the molecule is CCNCC(C)(CC)CN1c2ccccc2CCC1C. The number of nitrogens with zero attached hydrogens (tertiary/aromatic N) is 1. The molecule has 0 radical (unpaired) electrons. The van der Waals surface area contributed by atoms with Gasteiger partial charge in [-0.25, -0.2) is 0 Å². The van der Waals surface area contributed by atoms with Gasteiger partial charge in [0.05, 0.1) is 0 Å². The van der Waals surface area contributed by atoms with Crippen LogP contribution >= 0.6 is 0 Å². The molecule has 0 fully saturated rings. The van der Waals surface area contributed by atoms with Crippen molar-refractivity contribution >= 4 is 5.69 Å². The van der Waals surface area contributed by atoms with Crippen molar-refractivity contribution in [1.82, 2.24) is 5.32 Å². The van der Waals surface area contributed by atoms with Gasteiger partial charge in [0, 0.05) is 24.8 Å². The van der Waals surface area contributed by atoms with Crippen molar-refractivity contribution in [2.45, 2.75) is 53.0 Å². The first-order chi connectivity index (χ1) is 9.59. The number of rotatable bonds is 6. The van der Waals surface area contributed by atoms with Gasteiger partial charge >= 0.3 is 0 Å². The van der Waals surface area contributed by atoms with Gasteiger partial charge in [-0.3, -0.25) is 0 Å². The predicted octanol–water partition coefficient (Wildman–Crippen LogP) is 3.85. The summed E-state index contributed by atoms with van der Waals surface area (Å²) in [6, 6.07) is 9.59. The second-order valence-electron chi connectivity index (χ2n) is 6.59. The second kappa shape index (κ2) is 6.62. The number of fused-ring (bicyclic) bond motifs is 1. The van der Waals surface area contributed by atoms with E-state index >= 15 is 0 Å². The minimum atomic E-state index is 0.342. The lowest BCUT2D eigenvalue weighted by molar-refractivity contribution is 0.287. The number of hydrogen-bond donors (Lipinski definition) is 1. The maximum Gasteiger partial charge on any atom is 0.0401 e. The Hall–Kier alpha value is -1.02. The molecule has 1 aliphatic heterocycles. The summed E-state index contributed by atoms with van der Waals surface area (Å²) in [4.78, 5) is 2.64. The Bertz CT molecular complexity index is 429. The zero-order valence-electron chi connectivity index (χ0n) is 13.6. The highest BCUT2D eigenvalue weighted by atomic mass is 15.2. The van der Waals surface area contributed by atoms with Gasteiger partial charge in [0.1, 0.15) is 0 Å². The average molecular weight is 274 g/mol. The summed E-state index contributed by atoms with van der Waals surface area (Å²) in [5.74, 6) is 0. The predicted molar refractivity (Wildman–Crippen MR) is 88.5 cm³/mol. The van der Waals surface area contributed by atoms with E-state index in [9.17, 15) is 0 Å². The minimum absolute atomic E-state index is 0.342. The lowest BCUT2D eigenvalue weighted by Gasteiger charge is -2.43. The van der Waals surface area contributed by atoms with Gasteiger partial charge in [-0.1, -0.05) is 39.0 Å². The van der Waals surface area contributed by atoms with Crippen LogP contribution in [0.5, 0.6) is 0 Å². The summed E-state index contributed by atoms with van der Waals surface area (Å²) in [5.41, 5.74) is 3.32. The van der Waals surface area contributed by atoms with E-state index in [1.807, 2.05) is 0 Å². The van der Waals surface area contributed by atoms with Crippen molar-refractivity contribution in [3.05, 3.63) is 29.8 Å². The first-order valence-electron chi connectivity index (χ1n) is 8.15. The van der Waals surface area contributed by atoms with E-state index < -0.39 is 0 Å². The average Bonchev–Trinajstić information content (AvgIpc) is 2.48. The van der Waals surface area contributed by atoms with Crippen molar-refractivity contribution in [1.29, 1.82) is 0 Å². The highest BCUT2D eigenvalue weighted by Crippen LogP contribution is 2.34. The molecular weight excluding hydrogens is 244 g/mol. The molecule has 0 saturated heterocycles. The normalized spacial score (nSPS) is 21.4. The number of benzene rings is 1. The third-order valence-electron chi connectivity index (χ3n) is 4.87. The fourth-order valence-corrected chi connectivity index (χ4v) is 3.13. The van der Waals surface area contributed by atoms with Crippen molar-refractivity contribution in [3.63, 3.8) is 0 Å². The van der Waals surface area contributed by atoms with Gasteiger partial charge in [0.2, 0.25) is 0 Å². The third kappa shape index (κ3) is 3.35. The quantitative estimate of drug-likeness (QED) is 0.847. The molecule has 1 N–H and O–H groups in total. The molecule has 2 rings (SSSR count). The molecule has 1 aromatic rings. The first-order valence-corrected chi connectivity index (χ1v) is 8.15. The molecule has 0 aliphatic carbocycles.